The van der Waals surface area contributed by atoms with Crippen LogP contribution in [0.3, 0.4) is 0 Å². The van der Waals surface area contributed by atoms with E-state index in [2.05, 4.69) is 4.90 Å². The molecule has 0 atom stereocenters. The molecular formula is C27H29FN2O4. The van der Waals surface area contributed by atoms with Crippen molar-refractivity contribution in [3.8, 4) is 17.2 Å². The fraction of sp³-hybridized carbons (Fsp3) is 0.296. The molecule has 0 bridgehead atoms. The van der Waals surface area contributed by atoms with Crippen molar-refractivity contribution in [1.29, 1.82) is 0 Å². The number of amides is 1. The summed E-state index contributed by atoms with van der Waals surface area (Å²) >= 11 is 0. The lowest BCUT2D eigenvalue weighted by Crippen LogP contribution is -2.47. The highest BCUT2D eigenvalue weighted by Gasteiger charge is 2.30. The largest absolute Gasteiger partial charge is 0.508 e. The summed E-state index contributed by atoms with van der Waals surface area (Å²) in [6.07, 6.45) is 1.52. The van der Waals surface area contributed by atoms with Crippen LogP contribution in [0.4, 0.5) is 10.1 Å². The van der Waals surface area contributed by atoms with Crippen LogP contribution >= 0.6 is 0 Å². The van der Waals surface area contributed by atoms with Gasteiger partial charge in [0, 0.05) is 48.6 Å². The van der Waals surface area contributed by atoms with Crippen molar-refractivity contribution >= 4 is 11.6 Å². The minimum Gasteiger partial charge on any atom is -0.508 e. The monoisotopic (exact) mass is 464 g/mol. The third kappa shape index (κ3) is 5.15. The Kier molecular flexibility index (Phi) is 7.33. The van der Waals surface area contributed by atoms with Gasteiger partial charge in [0.25, 0.3) is 5.91 Å². The van der Waals surface area contributed by atoms with E-state index in [0.717, 1.165) is 31.5 Å². The lowest BCUT2D eigenvalue weighted by atomic mass is 10.00. The van der Waals surface area contributed by atoms with Crippen LogP contribution in [0.15, 0.2) is 66.7 Å². The van der Waals surface area contributed by atoms with Crippen LogP contribution in [0.5, 0.6) is 17.2 Å². The smallest absolute Gasteiger partial charge is 0.258 e. The first-order valence-corrected chi connectivity index (χ1v) is 11.3. The SMILES string of the molecule is COc1ccc(N(C(=O)c2ccc(F)cc2)C2CCN(Cc3ccccc3O)CC2)cc1OC. The number of carbonyl (C=O) groups is 1. The summed E-state index contributed by atoms with van der Waals surface area (Å²) in [5.41, 5.74) is 2.01. The van der Waals surface area contributed by atoms with E-state index in [-0.39, 0.29) is 17.8 Å². The topological polar surface area (TPSA) is 62.2 Å². The average Bonchev–Trinajstić information content (AvgIpc) is 2.87. The zero-order chi connectivity index (χ0) is 24.1. The molecule has 1 aliphatic rings. The molecule has 1 aliphatic heterocycles. The van der Waals surface area contributed by atoms with Crippen molar-refractivity contribution in [1.82, 2.24) is 4.90 Å². The van der Waals surface area contributed by atoms with Gasteiger partial charge in [0.15, 0.2) is 11.5 Å². The summed E-state index contributed by atoms with van der Waals surface area (Å²) in [7, 11) is 3.13. The van der Waals surface area contributed by atoms with Crippen LogP contribution < -0.4 is 14.4 Å². The highest BCUT2D eigenvalue weighted by molar-refractivity contribution is 6.06. The van der Waals surface area contributed by atoms with Gasteiger partial charge in [-0.2, -0.15) is 0 Å². The van der Waals surface area contributed by atoms with Gasteiger partial charge in [-0.05, 0) is 55.3 Å². The molecule has 1 fully saturated rings. The predicted molar refractivity (Wildman–Crippen MR) is 129 cm³/mol. The van der Waals surface area contributed by atoms with Crippen molar-refractivity contribution in [2.75, 3.05) is 32.2 Å². The minimum atomic E-state index is -0.383. The molecule has 1 heterocycles. The van der Waals surface area contributed by atoms with Gasteiger partial charge in [0.1, 0.15) is 11.6 Å². The van der Waals surface area contributed by atoms with Crippen LogP contribution in [0, 0.1) is 5.82 Å². The van der Waals surface area contributed by atoms with Crippen LogP contribution in [-0.2, 0) is 6.54 Å². The summed E-state index contributed by atoms with van der Waals surface area (Å²) in [6.45, 7) is 2.21. The Bertz CT molecular complexity index is 1130. The number of anilines is 1. The van der Waals surface area contributed by atoms with Crippen molar-refractivity contribution < 1.29 is 23.8 Å². The summed E-state index contributed by atoms with van der Waals surface area (Å²) in [4.78, 5) is 17.7. The first-order valence-electron chi connectivity index (χ1n) is 11.3. The summed E-state index contributed by atoms with van der Waals surface area (Å²) < 4.78 is 24.3. The van der Waals surface area contributed by atoms with Crippen molar-refractivity contribution in [3.63, 3.8) is 0 Å². The van der Waals surface area contributed by atoms with E-state index in [1.165, 1.54) is 24.3 Å². The maximum absolute atomic E-state index is 13.6. The van der Waals surface area contributed by atoms with E-state index in [1.54, 1.807) is 37.3 Å². The van der Waals surface area contributed by atoms with E-state index in [4.69, 9.17) is 9.47 Å². The lowest BCUT2D eigenvalue weighted by Gasteiger charge is -2.39. The third-order valence-corrected chi connectivity index (χ3v) is 6.26. The zero-order valence-electron chi connectivity index (χ0n) is 19.4. The second-order valence-electron chi connectivity index (χ2n) is 8.36. The molecular weight excluding hydrogens is 435 g/mol. The number of rotatable bonds is 7. The van der Waals surface area contributed by atoms with Gasteiger partial charge in [-0.25, -0.2) is 4.39 Å². The number of phenolic OH excluding ortho intramolecular Hbond substituents is 1. The fourth-order valence-corrected chi connectivity index (χ4v) is 4.42. The number of para-hydroxylation sites is 1. The number of benzene rings is 3. The van der Waals surface area contributed by atoms with Crippen molar-refractivity contribution in [3.05, 3.63) is 83.7 Å². The number of piperidine rings is 1. The molecule has 3 aromatic rings. The fourth-order valence-electron chi connectivity index (χ4n) is 4.42. The predicted octanol–water partition coefficient (Wildman–Crippen LogP) is 4.86. The second kappa shape index (κ2) is 10.6. The number of halogens is 1. The van der Waals surface area contributed by atoms with Gasteiger partial charge < -0.3 is 19.5 Å². The Balaban J connectivity index is 1.58. The maximum atomic E-state index is 13.6. The first kappa shape index (κ1) is 23.6. The molecule has 1 saturated heterocycles. The van der Waals surface area contributed by atoms with E-state index in [0.29, 0.717) is 35.0 Å². The standard InChI is InChI=1S/C27H29FN2O4/c1-33-25-12-11-23(17-26(25)34-2)30(27(32)19-7-9-21(28)10-8-19)22-13-15-29(16-14-22)18-20-5-3-4-6-24(20)31/h3-12,17,22,31H,13-16,18H2,1-2H3. The second-order valence-corrected chi connectivity index (χ2v) is 8.36. The molecule has 0 unspecified atom stereocenters. The Labute approximate surface area is 199 Å². The number of hydrogen-bond acceptors (Lipinski definition) is 5. The van der Waals surface area contributed by atoms with Crippen LogP contribution in [0.2, 0.25) is 0 Å². The number of methoxy groups -OCH3 is 2. The first-order chi connectivity index (χ1) is 16.5. The highest BCUT2D eigenvalue weighted by atomic mass is 19.1. The van der Waals surface area contributed by atoms with Gasteiger partial charge in [0.2, 0.25) is 0 Å². The van der Waals surface area contributed by atoms with Gasteiger partial charge in [-0.15, -0.1) is 0 Å². The number of carbonyl (C=O) groups excluding carboxylic acids is 1. The maximum Gasteiger partial charge on any atom is 0.258 e. The van der Waals surface area contributed by atoms with E-state index in [9.17, 15) is 14.3 Å². The Morgan fingerprint density at radius 2 is 1.68 bits per heavy atom. The molecule has 3 aromatic carbocycles. The minimum absolute atomic E-state index is 0.0451. The molecule has 0 saturated carbocycles. The quantitative estimate of drug-likeness (QED) is 0.541. The third-order valence-electron chi connectivity index (χ3n) is 6.26. The molecule has 178 valence electrons. The van der Waals surface area contributed by atoms with Crippen LogP contribution in [0.1, 0.15) is 28.8 Å². The molecule has 0 spiro atoms. The average molecular weight is 465 g/mol. The van der Waals surface area contributed by atoms with Crippen LogP contribution in [-0.4, -0.2) is 49.3 Å². The van der Waals surface area contributed by atoms with Gasteiger partial charge >= 0.3 is 0 Å². The number of hydrogen-bond donors (Lipinski definition) is 1. The van der Waals surface area contributed by atoms with Gasteiger partial charge in [-0.3, -0.25) is 9.69 Å². The van der Waals surface area contributed by atoms with Gasteiger partial charge in [-0.1, -0.05) is 18.2 Å². The molecule has 4 rings (SSSR count). The normalized spacial score (nSPS) is 14.6. The van der Waals surface area contributed by atoms with E-state index >= 15 is 0 Å². The number of phenols is 1. The molecule has 0 aliphatic carbocycles. The molecule has 1 amide bonds. The number of ether oxygens (including phenoxy) is 2. The molecule has 7 heteroatoms. The highest BCUT2D eigenvalue weighted by Crippen LogP contribution is 2.35. The molecule has 1 N–H and O–H groups in total. The summed E-state index contributed by atoms with van der Waals surface area (Å²) in [6, 6.07) is 18.4. The number of likely N-dealkylation sites (tertiary alicyclic amines) is 1. The lowest BCUT2D eigenvalue weighted by molar-refractivity contribution is 0.0958. The van der Waals surface area contributed by atoms with Gasteiger partial charge in [0.05, 0.1) is 14.2 Å². The Morgan fingerprint density at radius 1 is 1.00 bits per heavy atom. The van der Waals surface area contributed by atoms with E-state index < -0.39 is 0 Å². The molecule has 0 aromatic heterocycles. The van der Waals surface area contributed by atoms with Crippen molar-refractivity contribution in [2.45, 2.75) is 25.4 Å². The van der Waals surface area contributed by atoms with Crippen LogP contribution in [0.25, 0.3) is 0 Å². The number of nitrogens with zero attached hydrogens (tertiary/aromatic N) is 2. The summed E-state index contributed by atoms with van der Waals surface area (Å²) in [5, 5.41) is 10.1. The van der Waals surface area contributed by atoms with E-state index in [1.807, 2.05) is 24.3 Å². The number of aromatic hydroxyl groups is 1. The van der Waals surface area contributed by atoms with Crippen molar-refractivity contribution in [2.24, 2.45) is 0 Å². The molecule has 0 radical (unpaired) electrons. The zero-order valence-corrected chi connectivity index (χ0v) is 19.4. The molecule has 34 heavy (non-hydrogen) atoms. The Hall–Kier alpha value is -3.58. The molecule has 6 nitrogen and oxygen atoms in total. The summed E-state index contributed by atoms with van der Waals surface area (Å²) in [5.74, 6) is 0.841. The Morgan fingerprint density at radius 3 is 2.32 bits per heavy atom.